The molecule has 6 heteroatoms. The Hall–Kier alpha value is -3.02. The first-order valence-electron chi connectivity index (χ1n) is 8.95. The van der Waals surface area contributed by atoms with E-state index in [2.05, 4.69) is 10.6 Å². The van der Waals surface area contributed by atoms with E-state index in [9.17, 15) is 9.59 Å². The molecule has 2 aromatic carbocycles. The average Bonchev–Trinajstić information content (AvgIpc) is 3.53. The maximum atomic E-state index is 12.6. The van der Waals surface area contributed by atoms with Gasteiger partial charge in [0, 0.05) is 23.2 Å². The number of benzene rings is 2. The van der Waals surface area contributed by atoms with Gasteiger partial charge >= 0.3 is 0 Å². The summed E-state index contributed by atoms with van der Waals surface area (Å²) < 4.78 is 10.4. The van der Waals surface area contributed by atoms with E-state index in [1.807, 2.05) is 31.2 Å². The van der Waals surface area contributed by atoms with Gasteiger partial charge in [-0.15, -0.1) is 0 Å². The van der Waals surface area contributed by atoms with Gasteiger partial charge in [0.2, 0.25) is 5.91 Å². The molecule has 0 aliphatic heterocycles. The highest BCUT2D eigenvalue weighted by atomic mass is 16.5. The highest BCUT2D eigenvalue weighted by Gasteiger charge is 2.29. The molecule has 1 aliphatic rings. The lowest BCUT2D eigenvalue weighted by atomic mass is 10.1. The van der Waals surface area contributed by atoms with Crippen LogP contribution < -0.4 is 20.1 Å². The fourth-order valence-electron chi connectivity index (χ4n) is 2.75. The number of anilines is 1. The number of nitrogens with one attached hydrogen (secondary N) is 2. The van der Waals surface area contributed by atoms with Crippen molar-refractivity contribution in [1.82, 2.24) is 5.32 Å². The molecule has 1 saturated carbocycles. The molecule has 1 atom stereocenters. The van der Waals surface area contributed by atoms with E-state index >= 15 is 0 Å². The van der Waals surface area contributed by atoms with Crippen LogP contribution in [0.15, 0.2) is 42.5 Å². The largest absolute Gasteiger partial charge is 0.497 e. The van der Waals surface area contributed by atoms with Crippen LogP contribution in [0.4, 0.5) is 5.69 Å². The summed E-state index contributed by atoms with van der Waals surface area (Å²) in [4.78, 5) is 24.4. The van der Waals surface area contributed by atoms with E-state index in [0.717, 1.165) is 24.1 Å². The predicted molar refractivity (Wildman–Crippen MR) is 103 cm³/mol. The summed E-state index contributed by atoms with van der Waals surface area (Å²) in [5, 5.41) is 5.87. The van der Waals surface area contributed by atoms with Gasteiger partial charge in [0.15, 0.2) is 0 Å². The van der Waals surface area contributed by atoms with E-state index in [1.165, 1.54) is 0 Å². The van der Waals surface area contributed by atoms with Crippen LogP contribution in [0.2, 0.25) is 0 Å². The van der Waals surface area contributed by atoms with Crippen molar-refractivity contribution in [2.75, 3.05) is 19.5 Å². The van der Waals surface area contributed by atoms with Crippen molar-refractivity contribution >= 4 is 17.5 Å². The third-order valence-corrected chi connectivity index (χ3v) is 4.59. The zero-order valence-corrected chi connectivity index (χ0v) is 15.7. The maximum Gasteiger partial charge on any atom is 0.252 e. The highest BCUT2D eigenvalue weighted by molar-refractivity contribution is 5.95. The number of carbonyl (C=O) groups is 2. The Morgan fingerprint density at radius 1 is 1.00 bits per heavy atom. The smallest absolute Gasteiger partial charge is 0.252 e. The molecule has 3 rings (SSSR count). The third-order valence-electron chi connectivity index (χ3n) is 4.59. The molecule has 0 spiro atoms. The number of hydrogen-bond acceptors (Lipinski definition) is 4. The van der Waals surface area contributed by atoms with E-state index in [1.54, 1.807) is 32.4 Å². The second-order valence-electron chi connectivity index (χ2n) is 6.68. The van der Waals surface area contributed by atoms with Gasteiger partial charge in [0.05, 0.1) is 20.3 Å². The first-order chi connectivity index (χ1) is 13.0. The molecule has 2 aromatic rings. The summed E-state index contributed by atoms with van der Waals surface area (Å²) in [5.74, 6) is 1.15. The zero-order valence-electron chi connectivity index (χ0n) is 15.7. The second kappa shape index (κ2) is 8.12. The molecule has 6 nitrogen and oxygen atoms in total. The molecule has 0 heterocycles. The van der Waals surface area contributed by atoms with Gasteiger partial charge in [-0.1, -0.05) is 12.1 Å². The molecule has 1 unspecified atom stereocenters. The van der Waals surface area contributed by atoms with Crippen molar-refractivity contribution in [2.45, 2.75) is 25.8 Å². The van der Waals surface area contributed by atoms with Crippen LogP contribution in [0, 0.1) is 5.92 Å². The molecule has 1 aliphatic carbocycles. The Morgan fingerprint density at radius 2 is 1.59 bits per heavy atom. The summed E-state index contributed by atoms with van der Waals surface area (Å²) in [6.07, 6.45) is 1.95. The van der Waals surface area contributed by atoms with Gasteiger partial charge in [-0.25, -0.2) is 0 Å². The van der Waals surface area contributed by atoms with Crippen LogP contribution in [0.3, 0.4) is 0 Å². The molecular formula is C21H24N2O4. The molecule has 1 fully saturated rings. The molecule has 2 N–H and O–H groups in total. The zero-order chi connectivity index (χ0) is 19.4. The van der Waals surface area contributed by atoms with Crippen molar-refractivity contribution < 1.29 is 19.1 Å². The molecule has 0 aromatic heterocycles. The first-order valence-corrected chi connectivity index (χ1v) is 8.95. The van der Waals surface area contributed by atoms with Crippen molar-refractivity contribution in [3.05, 3.63) is 53.6 Å². The number of amides is 2. The molecular weight excluding hydrogens is 344 g/mol. The Kier molecular flexibility index (Phi) is 5.64. The van der Waals surface area contributed by atoms with Gasteiger partial charge in [0.1, 0.15) is 11.5 Å². The van der Waals surface area contributed by atoms with Crippen LogP contribution in [-0.2, 0) is 4.79 Å². The van der Waals surface area contributed by atoms with Crippen molar-refractivity contribution in [1.29, 1.82) is 0 Å². The van der Waals surface area contributed by atoms with Gasteiger partial charge in [-0.2, -0.15) is 0 Å². The molecule has 0 bridgehead atoms. The Morgan fingerprint density at radius 3 is 2.11 bits per heavy atom. The molecule has 142 valence electrons. The number of carbonyl (C=O) groups excluding carboxylic acids is 2. The first kappa shape index (κ1) is 18.8. The van der Waals surface area contributed by atoms with Crippen molar-refractivity contribution in [2.24, 2.45) is 5.92 Å². The Bertz CT molecular complexity index is 806. The maximum absolute atomic E-state index is 12.6. The summed E-state index contributed by atoms with van der Waals surface area (Å²) in [6.45, 7) is 1.91. The third kappa shape index (κ3) is 4.78. The molecule has 27 heavy (non-hydrogen) atoms. The number of rotatable bonds is 7. The fraction of sp³-hybridized carbons (Fsp3) is 0.333. The van der Waals surface area contributed by atoms with Crippen molar-refractivity contribution in [3.8, 4) is 11.5 Å². The summed E-state index contributed by atoms with van der Waals surface area (Å²) in [6, 6.07) is 12.4. The average molecular weight is 368 g/mol. The van der Waals surface area contributed by atoms with Crippen LogP contribution in [0.1, 0.15) is 41.7 Å². The topological polar surface area (TPSA) is 76.7 Å². The Labute approximate surface area is 158 Å². The normalized spacial score (nSPS) is 14.2. The van der Waals surface area contributed by atoms with Gasteiger partial charge < -0.3 is 20.1 Å². The molecule has 0 saturated heterocycles. The standard InChI is InChI=1S/C21H24N2O4/c1-13(14-6-8-17(9-7-14)23-20(24)15-4-5-15)22-21(25)16-10-18(26-2)12-19(11-16)27-3/h6-13,15H,4-5H2,1-3H3,(H,22,25)(H,23,24). The molecule has 2 amide bonds. The summed E-state index contributed by atoms with van der Waals surface area (Å²) in [5.41, 5.74) is 2.18. The lowest BCUT2D eigenvalue weighted by Gasteiger charge is -2.16. The molecule has 0 radical (unpaired) electrons. The van der Waals surface area contributed by atoms with Crippen molar-refractivity contribution in [3.63, 3.8) is 0 Å². The number of hydrogen-bond donors (Lipinski definition) is 2. The highest BCUT2D eigenvalue weighted by Crippen LogP contribution is 2.30. The lowest BCUT2D eigenvalue weighted by Crippen LogP contribution is -2.26. The monoisotopic (exact) mass is 368 g/mol. The quantitative estimate of drug-likeness (QED) is 0.784. The Balaban J connectivity index is 1.64. The van der Waals surface area contributed by atoms with Gasteiger partial charge in [-0.3, -0.25) is 9.59 Å². The SMILES string of the molecule is COc1cc(OC)cc(C(=O)NC(C)c2ccc(NC(=O)C3CC3)cc2)c1. The van der Waals surface area contributed by atoms with Crippen LogP contribution in [-0.4, -0.2) is 26.0 Å². The minimum atomic E-state index is -0.217. The van der Waals surface area contributed by atoms with E-state index in [-0.39, 0.29) is 23.8 Å². The van der Waals surface area contributed by atoms with E-state index in [4.69, 9.17) is 9.47 Å². The van der Waals surface area contributed by atoms with Crippen LogP contribution in [0.25, 0.3) is 0 Å². The predicted octanol–water partition coefficient (Wildman–Crippen LogP) is 3.54. The van der Waals surface area contributed by atoms with E-state index in [0.29, 0.717) is 17.1 Å². The minimum Gasteiger partial charge on any atom is -0.497 e. The minimum absolute atomic E-state index is 0.0797. The fourth-order valence-corrected chi connectivity index (χ4v) is 2.75. The van der Waals surface area contributed by atoms with Gasteiger partial charge in [0.25, 0.3) is 5.91 Å². The number of ether oxygens (including phenoxy) is 2. The van der Waals surface area contributed by atoms with E-state index < -0.39 is 0 Å². The van der Waals surface area contributed by atoms with Gasteiger partial charge in [-0.05, 0) is 49.6 Å². The second-order valence-corrected chi connectivity index (χ2v) is 6.68. The van der Waals surface area contributed by atoms with Crippen LogP contribution >= 0.6 is 0 Å². The summed E-state index contributed by atoms with van der Waals surface area (Å²) in [7, 11) is 3.09. The van der Waals surface area contributed by atoms with Crippen LogP contribution in [0.5, 0.6) is 11.5 Å². The summed E-state index contributed by atoms with van der Waals surface area (Å²) >= 11 is 0. The lowest BCUT2D eigenvalue weighted by molar-refractivity contribution is -0.117. The number of methoxy groups -OCH3 is 2.